The van der Waals surface area contributed by atoms with Crippen molar-refractivity contribution in [3.63, 3.8) is 0 Å². The Bertz CT molecular complexity index is 276. The average Bonchev–Trinajstić information content (AvgIpc) is 2.63. The summed E-state index contributed by atoms with van der Waals surface area (Å²) >= 11 is 0. The van der Waals surface area contributed by atoms with Crippen molar-refractivity contribution >= 4 is 0 Å². The molecule has 1 aliphatic carbocycles. The summed E-state index contributed by atoms with van der Waals surface area (Å²) < 4.78 is 0. The maximum atomic E-state index is 9.59. The summed E-state index contributed by atoms with van der Waals surface area (Å²) in [5, 5.41) is 12.9. The first kappa shape index (κ1) is 9.62. The predicted octanol–water partition coefficient (Wildman–Crippen LogP) is 1.08. The molecule has 2 unspecified atom stereocenters. The number of aliphatic hydroxyl groups is 1. The van der Waals surface area contributed by atoms with Crippen molar-refractivity contribution in [2.45, 2.75) is 38.0 Å². The molecule has 14 heavy (non-hydrogen) atoms. The molecule has 0 amide bonds. The number of hydrogen-bond acceptors (Lipinski definition) is 3. The molecule has 1 aromatic rings. The van der Waals surface area contributed by atoms with Crippen molar-refractivity contribution in [1.82, 2.24) is 10.3 Å². The van der Waals surface area contributed by atoms with E-state index in [-0.39, 0.29) is 12.1 Å². The molecule has 0 saturated heterocycles. The predicted molar refractivity (Wildman–Crippen MR) is 54.7 cm³/mol. The van der Waals surface area contributed by atoms with Crippen molar-refractivity contribution < 1.29 is 5.11 Å². The second kappa shape index (κ2) is 4.53. The van der Waals surface area contributed by atoms with E-state index >= 15 is 0 Å². The van der Waals surface area contributed by atoms with Crippen LogP contribution in [0, 0.1) is 0 Å². The zero-order chi connectivity index (χ0) is 9.80. The first-order chi connectivity index (χ1) is 6.86. The summed E-state index contributed by atoms with van der Waals surface area (Å²) in [4.78, 5) is 4.05. The lowest BCUT2D eigenvalue weighted by Gasteiger charge is -2.15. The molecule has 1 aromatic heterocycles. The van der Waals surface area contributed by atoms with Gasteiger partial charge in [-0.1, -0.05) is 6.07 Å². The van der Waals surface area contributed by atoms with Crippen molar-refractivity contribution in [2.75, 3.05) is 0 Å². The molecule has 3 heteroatoms. The van der Waals surface area contributed by atoms with Gasteiger partial charge in [-0.15, -0.1) is 0 Å². The van der Waals surface area contributed by atoms with E-state index in [4.69, 9.17) is 0 Å². The van der Waals surface area contributed by atoms with Crippen LogP contribution in [0.25, 0.3) is 0 Å². The summed E-state index contributed by atoms with van der Waals surface area (Å²) in [5.41, 5.74) is 1.17. The summed E-state index contributed by atoms with van der Waals surface area (Å²) in [6.45, 7) is 0.801. The van der Waals surface area contributed by atoms with E-state index < -0.39 is 0 Å². The van der Waals surface area contributed by atoms with Gasteiger partial charge < -0.3 is 10.4 Å². The van der Waals surface area contributed by atoms with Crippen molar-refractivity contribution in [3.05, 3.63) is 30.1 Å². The van der Waals surface area contributed by atoms with Gasteiger partial charge in [0.15, 0.2) is 0 Å². The molecule has 1 fully saturated rings. The molecule has 76 valence electrons. The Balaban J connectivity index is 1.82. The smallest absolute Gasteiger partial charge is 0.0693 e. The SMILES string of the molecule is OC1CCCC1NCc1cccnc1. The van der Waals surface area contributed by atoms with E-state index in [0.29, 0.717) is 0 Å². The standard InChI is InChI=1S/C11H16N2O/c14-11-5-1-4-10(11)13-8-9-3-2-6-12-7-9/h2-3,6-7,10-11,13-14H,1,4-5,8H2. The molecule has 1 aliphatic rings. The fourth-order valence-corrected chi connectivity index (χ4v) is 1.93. The number of pyridine rings is 1. The van der Waals surface area contributed by atoms with E-state index in [1.165, 1.54) is 5.56 Å². The minimum atomic E-state index is -0.160. The Hall–Kier alpha value is -0.930. The second-order valence-corrected chi connectivity index (χ2v) is 3.85. The van der Waals surface area contributed by atoms with Gasteiger partial charge in [0.1, 0.15) is 0 Å². The topological polar surface area (TPSA) is 45.1 Å². The third-order valence-corrected chi connectivity index (χ3v) is 2.77. The van der Waals surface area contributed by atoms with Crippen LogP contribution in [0.1, 0.15) is 24.8 Å². The Morgan fingerprint density at radius 1 is 1.50 bits per heavy atom. The van der Waals surface area contributed by atoms with Gasteiger partial charge in [0.05, 0.1) is 6.10 Å². The Kier molecular flexibility index (Phi) is 3.11. The number of rotatable bonds is 3. The highest BCUT2D eigenvalue weighted by atomic mass is 16.3. The first-order valence-corrected chi connectivity index (χ1v) is 5.16. The van der Waals surface area contributed by atoms with E-state index in [0.717, 1.165) is 25.8 Å². The summed E-state index contributed by atoms with van der Waals surface area (Å²) in [5.74, 6) is 0. The number of nitrogens with zero attached hydrogens (tertiary/aromatic N) is 1. The maximum absolute atomic E-state index is 9.59. The number of hydrogen-bond donors (Lipinski definition) is 2. The molecule has 2 atom stereocenters. The first-order valence-electron chi connectivity index (χ1n) is 5.16. The monoisotopic (exact) mass is 192 g/mol. The largest absolute Gasteiger partial charge is 0.392 e. The minimum absolute atomic E-state index is 0.160. The van der Waals surface area contributed by atoms with Crippen LogP contribution in [-0.4, -0.2) is 22.2 Å². The number of nitrogens with one attached hydrogen (secondary N) is 1. The van der Waals surface area contributed by atoms with E-state index in [2.05, 4.69) is 10.3 Å². The third kappa shape index (κ3) is 2.30. The lowest BCUT2D eigenvalue weighted by molar-refractivity contribution is 0.148. The van der Waals surface area contributed by atoms with Crippen LogP contribution in [0.4, 0.5) is 0 Å². The Labute approximate surface area is 84.2 Å². The van der Waals surface area contributed by atoms with Crippen LogP contribution in [0.3, 0.4) is 0 Å². The molecule has 2 rings (SSSR count). The fourth-order valence-electron chi connectivity index (χ4n) is 1.93. The van der Waals surface area contributed by atoms with Crippen LogP contribution in [0.5, 0.6) is 0 Å². The molecule has 1 saturated carbocycles. The van der Waals surface area contributed by atoms with Crippen LogP contribution >= 0.6 is 0 Å². The van der Waals surface area contributed by atoms with E-state index in [1.54, 1.807) is 6.20 Å². The zero-order valence-corrected chi connectivity index (χ0v) is 8.19. The maximum Gasteiger partial charge on any atom is 0.0693 e. The second-order valence-electron chi connectivity index (χ2n) is 3.85. The van der Waals surface area contributed by atoms with Crippen LogP contribution < -0.4 is 5.32 Å². The molecule has 3 nitrogen and oxygen atoms in total. The molecular weight excluding hydrogens is 176 g/mol. The van der Waals surface area contributed by atoms with Gasteiger partial charge >= 0.3 is 0 Å². The van der Waals surface area contributed by atoms with Gasteiger partial charge in [0.2, 0.25) is 0 Å². The quantitative estimate of drug-likeness (QED) is 0.753. The van der Waals surface area contributed by atoms with Crippen LogP contribution in [0.15, 0.2) is 24.5 Å². The normalized spacial score (nSPS) is 26.6. The van der Waals surface area contributed by atoms with Crippen molar-refractivity contribution in [3.8, 4) is 0 Å². The van der Waals surface area contributed by atoms with Gasteiger partial charge in [0.25, 0.3) is 0 Å². The molecule has 0 bridgehead atoms. The molecular formula is C11H16N2O. The van der Waals surface area contributed by atoms with Crippen molar-refractivity contribution in [2.24, 2.45) is 0 Å². The summed E-state index contributed by atoms with van der Waals surface area (Å²) in [6, 6.07) is 4.25. The zero-order valence-electron chi connectivity index (χ0n) is 8.19. The van der Waals surface area contributed by atoms with Crippen LogP contribution in [0.2, 0.25) is 0 Å². The highest BCUT2D eigenvalue weighted by molar-refractivity contribution is 5.08. The lowest BCUT2D eigenvalue weighted by atomic mass is 10.2. The van der Waals surface area contributed by atoms with E-state index in [1.807, 2.05) is 18.3 Å². The molecule has 0 aliphatic heterocycles. The molecule has 0 aromatic carbocycles. The lowest BCUT2D eigenvalue weighted by Crippen LogP contribution is -2.35. The van der Waals surface area contributed by atoms with Gasteiger partial charge in [0, 0.05) is 25.0 Å². The van der Waals surface area contributed by atoms with E-state index in [9.17, 15) is 5.11 Å². The highest BCUT2D eigenvalue weighted by Gasteiger charge is 2.24. The Morgan fingerprint density at radius 2 is 2.43 bits per heavy atom. The van der Waals surface area contributed by atoms with Gasteiger partial charge in [-0.25, -0.2) is 0 Å². The molecule has 0 radical (unpaired) electrons. The van der Waals surface area contributed by atoms with Gasteiger partial charge in [-0.2, -0.15) is 0 Å². The summed E-state index contributed by atoms with van der Waals surface area (Å²) in [6.07, 6.45) is 6.62. The minimum Gasteiger partial charge on any atom is -0.392 e. The number of aliphatic hydroxyl groups excluding tert-OH is 1. The van der Waals surface area contributed by atoms with Gasteiger partial charge in [-0.05, 0) is 30.9 Å². The fraction of sp³-hybridized carbons (Fsp3) is 0.545. The molecule has 2 N–H and O–H groups in total. The average molecular weight is 192 g/mol. The highest BCUT2D eigenvalue weighted by Crippen LogP contribution is 2.18. The van der Waals surface area contributed by atoms with Gasteiger partial charge in [-0.3, -0.25) is 4.98 Å². The van der Waals surface area contributed by atoms with Crippen molar-refractivity contribution in [1.29, 1.82) is 0 Å². The molecule has 0 spiro atoms. The van der Waals surface area contributed by atoms with Crippen LogP contribution in [-0.2, 0) is 6.54 Å². The third-order valence-electron chi connectivity index (χ3n) is 2.77. The number of aromatic nitrogens is 1. The Morgan fingerprint density at radius 3 is 3.07 bits per heavy atom. The molecule has 1 heterocycles. The summed E-state index contributed by atoms with van der Waals surface area (Å²) in [7, 11) is 0.